The molecule has 0 bridgehead atoms. The third kappa shape index (κ3) is 16.7. The lowest BCUT2D eigenvalue weighted by Crippen LogP contribution is -2.62. The van der Waals surface area contributed by atoms with Crippen LogP contribution in [0.25, 0.3) is 0 Å². The Morgan fingerprint density at radius 1 is 0.400 bits per heavy atom. The van der Waals surface area contributed by atoms with Gasteiger partial charge < -0.3 is 46.6 Å². The maximum atomic E-state index is 12.9. The average molecular weight is 701 g/mol. The second-order valence-corrected chi connectivity index (χ2v) is 10.1. The Kier molecular flexibility index (Phi) is 18.9. The van der Waals surface area contributed by atoms with E-state index >= 15 is 0 Å². The van der Waals surface area contributed by atoms with Crippen LogP contribution in [-0.4, -0.2) is 145 Å². The molecule has 1 aliphatic heterocycles. The molecule has 0 radical (unpaired) electrons. The van der Waals surface area contributed by atoms with Gasteiger partial charge >= 0.3 is 0 Å². The van der Waals surface area contributed by atoms with Gasteiger partial charge in [0.05, 0.1) is 39.6 Å². The van der Waals surface area contributed by atoms with Gasteiger partial charge in [0, 0.05) is 38.9 Å². The number of hydrogen-bond acceptors (Lipinski definition) is 9. The van der Waals surface area contributed by atoms with E-state index in [4.69, 9.17) is 34.8 Å². The Morgan fingerprint density at radius 2 is 0.644 bits per heavy atom. The molecule has 252 valence electrons. The number of hydrogen-bond donors (Lipinski definition) is 6. The van der Waals surface area contributed by atoms with E-state index in [1.54, 1.807) is 0 Å². The van der Waals surface area contributed by atoms with Crippen molar-refractivity contribution in [3.05, 3.63) is 0 Å². The van der Waals surface area contributed by atoms with Crippen LogP contribution >= 0.6 is 34.8 Å². The van der Waals surface area contributed by atoms with Crippen LogP contribution in [0.1, 0.15) is 19.3 Å². The highest BCUT2D eigenvalue weighted by molar-refractivity contribution is 6.27. The van der Waals surface area contributed by atoms with Gasteiger partial charge in [0.1, 0.15) is 17.6 Å². The molecule has 18 nitrogen and oxygen atoms in total. The molecule has 0 aromatic carbocycles. The van der Waals surface area contributed by atoms with Gasteiger partial charge in [-0.3, -0.25) is 43.2 Å². The van der Waals surface area contributed by atoms with E-state index in [2.05, 4.69) is 31.9 Å². The van der Waals surface area contributed by atoms with Crippen LogP contribution < -0.4 is 31.9 Å². The third-order valence-electron chi connectivity index (χ3n) is 5.78. The number of nitrogens with zero attached hydrogens (tertiary/aromatic N) is 3. The average Bonchev–Trinajstić information content (AvgIpc) is 3.04. The molecule has 0 aromatic rings. The molecular weight excluding hydrogens is 665 g/mol. The topological polar surface area (TPSA) is 236 Å². The van der Waals surface area contributed by atoms with Crippen molar-refractivity contribution in [3.63, 3.8) is 0 Å². The van der Waals surface area contributed by atoms with Crippen molar-refractivity contribution >= 4 is 88.0 Å². The van der Waals surface area contributed by atoms with Crippen LogP contribution in [0.5, 0.6) is 0 Å². The molecule has 1 fully saturated rings. The van der Waals surface area contributed by atoms with Crippen molar-refractivity contribution < 1.29 is 43.2 Å². The van der Waals surface area contributed by atoms with Gasteiger partial charge in [-0.2, -0.15) is 0 Å². The number of amides is 9. The Labute approximate surface area is 273 Å². The van der Waals surface area contributed by atoms with E-state index in [1.807, 2.05) is 0 Å². The van der Waals surface area contributed by atoms with Gasteiger partial charge in [0.2, 0.25) is 53.2 Å². The quantitative estimate of drug-likeness (QED) is 0.0763. The number of alkyl halides is 3. The maximum Gasteiger partial charge on any atom is 0.244 e. The van der Waals surface area contributed by atoms with Gasteiger partial charge in [-0.1, -0.05) is 0 Å². The maximum absolute atomic E-state index is 12.9. The lowest BCUT2D eigenvalue weighted by Gasteiger charge is -2.42. The van der Waals surface area contributed by atoms with E-state index in [0.717, 1.165) is 14.7 Å². The minimum Gasteiger partial charge on any atom is -0.355 e. The highest BCUT2D eigenvalue weighted by Gasteiger charge is 2.32. The van der Waals surface area contributed by atoms with Crippen LogP contribution in [0.2, 0.25) is 0 Å². The third-order valence-corrected chi connectivity index (χ3v) is 6.51. The van der Waals surface area contributed by atoms with E-state index in [0.29, 0.717) is 0 Å². The first-order valence-electron chi connectivity index (χ1n) is 13.5. The molecule has 9 amide bonds. The molecule has 1 heterocycles. The Balaban J connectivity index is 2.78. The molecule has 1 rings (SSSR count). The van der Waals surface area contributed by atoms with Gasteiger partial charge in [-0.25, -0.2) is 0 Å². The van der Waals surface area contributed by atoms with Crippen molar-refractivity contribution in [1.82, 2.24) is 46.6 Å². The van der Waals surface area contributed by atoms with Gasteiger partial charge in [-0.05, 0) is 0 Å². The largest absolute Gasteiger partial charge is 0.355 e. The summed E-state index contributed by atoms with van der Waals surface area (Å²) in [6.45, 7) is -2.31. The Morgan fingerprint density at radius 3 is 0.867 bits per heavy atom. The van der Waals surface area contributed by atoms with Gasteiger partial charge in [0.15, 0.2) is 0 Å². The predicted molar refractivity (Wildman–Crippen MR) is 159 cm³/mol. The van der Waals surface area contributed by atoms with Crippen molar-refractivity contribution in [2.24, 2.45) is 0 Å². The van der Waals surface area contributed by atoms with Crippen molar-refractivity contribution in [1.29, 1.82) is 0 Å². The molecule has 1 aliphatic rings. The first-order valence-corrected chi connectivity index (χ1v) is 15.1. The van der Waals surface area contributed by atoms with E-state index in [9.17, 15) is 43.2 Å². The van der Waals surface area contributed by atoms with E-state index < -0.39 is 72.8 Å². The highest BCUT2D eigenvalue weighted by atomic mass is 35.5. The van der Waals surface area contributed by atoms with Gasteiger partial charge in [0.25, 0.3) is 0 Å². The lowest BCUT2D eigenvalue weighted by molar-refractivity contribution is -0.158. The molecule has 45 heavy (non-hydrogen) atoms. The van der Waals surface area contributed by atoms with Crippen molar-refractivity contribution in [2.45, 2.75) is 19.3 Å². The molecule has 0 aromatic heterocycles. The fraction of sp³-hybridized carbons (Fsp3) is 0.625. The van der Waals surface area contributed by atoms with Crippen LogP contribution in [-0.2, 0) is 43.2 Å². The normalized spacial score (nSPS) is 12.5. The highest BCUT2D eigenvalue weighted by Crippen LogP contribution is 2.09. The summed E-state index contributed by atoms with van der Waals surface area (Å²) in [6.07, 6.45) is -0.388. The van der Waals surface area contributed by atoms with Crippen LogP contribution in [0.3, 0.4) is 0 Å². The number of halogens is 3. The SMILES string of the molecule is O=C(CCl)NCCC(=O)NCC(=O)N1CN(C(=O)CNC(=O)CCNC(=O)CCl)CN(C(=O)CNC(=O)CCNC(=O)CCl)C1. The molecule has 0 saturated carbocycles. The van der Waals surface area contributed by atoms with Crippen LogP contribution in [0, 0.1) is 0 Å². The zero-order valence-electron chi connectivity index (χ0n) is 24.3. The van der Waals surface area contributed by atoms with Crippen LogP contribution in [0.4, 0.5) is 0 Å². The molecule has 0 spiro atoms. The predicted octanol–water partition coefficient (Wildman–Crippen LogP) is -4.06. The number of nitrogens with one attached hydrogen (secondary N) is 6. The lowest BCUT2D eigenvalue weighted by atomic mass is 10.3. The zero-order chi connectivity index (χ0) is 33.8. The summed E-state index contributed by atoms with van der Waals surface area (Å²) in [5, 5.41) is 14.4. The fourth-order valence-electron chi connectivity index (χ4n) is 3.44. The first kappa shape index (κ1) is 39.1. The van der Waals surface area contributed by atoms with E-state index in [-0.39, 0.29) is 76.5 Å². The summed E-state index contributed by atoms with van der Waals surface area (Å²) in [4.78, 5) is 112. The van der Waals surface area contributed by atoms with E-state index in [1.165, 1.54) is 0 Å². The minimum atomic E-state index is -0.651. The summed E-state index contributed by atoms with van der Waals surface area (Å²) >= 11 is 16.1. The Bertz CT molecular complexity index is 974. The Hall–Kier alpha value is -3.90. The van der Waals surface area contributed by atoms with Crippen LogP contribution in [0.15, 0.2) is 0 Å². The van der Waals surface area contributed by atoms with Gasteiger partial charge in [-0.15, -0.1) is 34.8 Å². The zero-order valence-corrected chi connectivity index (χ0v) is 26.5. The number of rotatable bonds is 18. The monoisotopic (exact) mass is 699 g/mol. The molecule has 0 aliphatic carbocycles. The summed E-state index contributed by atoms with van der Waals surface area (Å²) in [5.74, 6) is -5.82. The molecule has 6 N–H and O–H groups in total. The summed E-state index contributed by atoms with van der Waals surface area (Å²) in [7, 11) is 0. The second-order valence-electron chi connectivity index (χ2n) is 9.26. The minimum absolute atomic E-state index is 0.00451. The standard InChI is InChI=1S/C24H36Cl3N9O9/c25-7-19(40)28-4-1-16(37)31-10-22(43)34-13-35(23(44)11-32-17(38)2-5-29-20(41)8-26)15-36(14-34)24(45)12-33-18(39)3-6-30-21(42)9-27/h1-15H2,(H,28,40)(H,29,41)(H,30,42)(H,31,37)(H,32,38)(H,33,39). The first-order chi connectivity index (χ1) is 21.4. The van der Waals surface area contributed by atoms with Crippen molar-refractivity contribution in [2.75, 3.05) is 76.9 Å². The summed E-state index contributed by atoms with van der Waals surface area (Å²) in [5.41, 5.74) is 0. The summed E-state index contributed by atoms with van der Waals surface area (Å²) in [6, 6.07) is 0. The summed E-state index contributed by atoms with van der Waals surface area (Å²) < 4.78 is 0. The smallest absolute Gasteiger partial charge is 0.244 e. The molecule has 1 saturated heterocycles. The molecular formula is C24H36Cl3N9O9. The van der Waals surface area contributed by atoms with Crippen molar-refractivity contribution in [3.8, 4) is 0 Å². The number of carbonyl (C=O) groups is 9. The second kappa shape index (κ2) is 21.7. The molecule has 21 heteroatoms. The number of carbonyl (C=O) groups excluding carboxylic acids is 9. The molecule has 0 atom stereocenters. The fourth-order valence-corrected chi connectivity index (χ4v) is 3.72. The molecule has 0 unspecified atom stereocenters.